The molecule has 0 aliphatic carbocycles. The molecule has 0 radical (unpaired) electrons. The Bertz CT molecular complexity index is 390. The molecule has 90 valence electrons. The molecule has 1 N–H and O–H groups in total. The Morgan fingerprint density at radius 2 is 2.12 bits per heavy atom. The van der Waals surface area contributed by atoms with E-state index >= 15 is 0 Å². The first-order valence-electron chi connectivity index (χ1n) is 5.77. The quantitative estimate of drug-likeness (QED) is 0.639. The van der Waals surface area contributed by atoms with Crippen molar-refractivity contribution in [3.05, 3.63) is 35.9 Å². The van der Waals surface area contributed by atoms with Gasteiger partial charge in [0.15, 0.2) is 6.61 Å². The van der Waals surface area contributed by atoms with Crippen molar-refractivity contribution >= 4 is 6.09 Å². The third-order valence-corrected chi connectivity index (χ3v) is 2.08. The van der Waals surface area contributed by atoms with Crippen LogP contribution in [0.5, 0.6) is 0 Å². The molecule has 0 heterocycles. The van der Waals surface area contributed by atoms with Gasteiger partial charge in [-0.1, -0.05) is 43.4 Å². The normalized spacial score (nSPS) is 9.00. The van der Waals surface area contributed by atoms with E-state index in [1.54, 1.807) is 0 Å². The number of alkyl carbamates (subject to hydrolysis) is 1. The maximum atomic E-state index is 11.1. The van der Waals surface area contributed by atoms with Crippen molar-refractivity contribution in [3.63, 3.8) is 0 Å². The molecule has 0 aromatic heterocycles. The molecule has 1 amide bonds. The lowest BCUT2D eigenvalue weighted by molar-refractivity contribution is 0.160. The number of hydrogen-bond acceptors (Lipinski definition) is 2. The lowest BCUT2D eigenvalue weighted by Crippen LogP contribution is -2.25. The summed E-state index contributed by atoms with van der Waals surface area (Å²) in [4.78, 5) is 11.1. The van der Waals surface area contributed by atoms with Crippen LogP contribution in [0.15, 0.2) is 30.3 Å². The van der Waals surface area contributed by atoms with Gasteiger partial charge < -0.3 is 10.1 Å². The van der Waals surface area contributed by atoms with Crippen molar-refractivity contribution in [2.45, 2.75) is 19.8 Å². The predicted octanol–water partition coefficient (Wildman–Crippen LogP) is 2.56. The standard InChI is InChI=1S/C14H17NO2/c1-2-3-11-15-14(16)17-12-7-10-13-8-5-4-6-9-13/h4-6,8-9H,2-3,11-12H2,1H3,(H,15,16). The number of benzene rings is 1. The van der Waals surface area contributed by atoms with Gasteiger partial charge in [-0.05, 0) is 18.6 Å². The van der Waals surface area contributed by atoms with E-state index in [4.69, 9.17) is 4.74 Å². The molecular weight excluding hydrogens is 214 g/mol. The van der Waals surface area contributed by atoms with Crippen LogP contribution < -0.4 is 5.32 Å². The Hall–Kier alpha value is -1.95. The molecule has 0 saturated carbocycles. The maximum absolute atomic E-state index is 11.1. The highest BCUT2D eigenvalue weighted by Gasteiger charge is 1.97. The summed E-state index contributed by atoms with van der Waals surface area (Å²) >= 11 is 0. The molecule has 0 fully saturated rings. The molecule has 1 rings (SSSR count). The van der Waals surface area contributed by atoms with Crippen LogP contribution in [0.25, 0.3) is 0 Å². The first kappa shape index (κ1) is 13.1. The summed E-state index contributed by atoms with van der Waals surface area (Å²) in [5, 5.41) is 2.65. The SMILES string of the molecule is CCCCNC(=O)OCC#Cc1ccccc1. The number of hydrogen-bond donors (Lipinski definition) is 1. The number of ether oxygens (including phenoxy) is 1. The van der Waals surface area contributed by atoms with Crippen LogP contribution >= 0.6 is 0 Å². The predicted molar refractivity (Wildman–Crippen MR) is 67.6 cm³/mol. The van der Waals surface area contributed by atoms with E-state index in [0.29, 0.717) is 6.54 Å². The largest absolute Gasteiger partial charge is 0.436 e. The lowest BCUT2D eigenvalue weighted by atomic mass is 10.2. The number of amides is 1. The molecule has 0 unspecified atom stereocenters. The van der Waals surface area contributed by atoms with Gasteiger partial charge in [0.25, 0.3) is 0 Å². The van der Waals surface area contributed by atoms with Gasteiger partial charge in [-0.15, -0.1) is 0 Å². The molecule has 0 atom stereocenters. The van der Waals surface area contributed by atoms with Crippen LogP contribution in [0.4, 0.5) is 4.79 Å². The Morgan fingerprint density at radius 3 is 2.82 bits per heavy atom. The fraction of sp³-hybridized carbons (Fsp3) is 0.357. The minimum absolute atomic E-state index is 0.118. The van der Waals surface area contributed by atoms with Gasteiger partial charge in [-0.3, -0.25) is 0 Å². The topological polar surface area (TPSA) is 38.3 Å². The van der Waals surface area contributed by atoms with Crippen molar-refractivity contribution in [3.8, 4) is 11.8 Å². The Balaban J connectivity index is 2.19. The molecule has 1 aromatic carbocycles. The molecule has 3 nitrogen and oxygen atoms in total. The second-order valence-corrected chi connectivity index (χ2v) is 3.52. The highest BCUT2D eigenvalue weighted by atomic mass is 16.5. The smallest absolute Gasteiger partial charge is 0.408 e. The van der Waals surface area contributed by atoms with Crippen molar-refractivity contribution < 1.29 is 9.53 Å². The number of carbonyl (C=O) groups excluding carboxylic acids is 1. The molecule has 0 aliphatic heterocycles. The minimum atomic E-state index is -0.402. The average molecular weight is 231 g/mol. The molecule has 3 heteroatoms. The number of carbonyl (C=O) groups is 1. The van der Waals surface area contributed by atoms with Gasteiger partial charge in [0.1, 0.15) is 0 Å². The summed E-state index contributed by atoms with van der Waals surface area (Å²) in [6, 6.07) is 9.59. The van der Waals surface area contributed by atoms with E-state index in [2.05, 4.69) is 24.1 Å². The highest BCUT2D eigenvalue weighted by molar-refractivity contribution is 5.67. The molecule has 0 saturated heterocycles. The maximum Gasteiger partial charge on any atom is 0.408 e. The molecule has 0 bridgehead atoms. The monoisotopic (exact) mass is 231 g/mol. The van der Waals surface area contributed by atoms with E-state index in [0.717, 1.165) is 18.4 Å². The first-order chi connectivity index (χ1) is 8.33. The molecular formula is C14H17NO2. The van der Waals surface area contributed by atoms with Crippen LogP contribution in [0.2, 0.25) is 0 Å². The Kier molecular flexibility index (Phi) is 6.35. The zero-order valence-electron chi connectivity index (χ0n) is 10.0. The van der Waals surface area contributed by atoms with Gasteiger partial charge in [0.2, 0.25) is 0 Å². The van der Waals surface area contributed by atoms with Crippen molar-refractivity contribution in [1.29, 1.82) is 0 Å². The third kappa shape index (κ3) is 6.26. The zero-order chi connectivity index (χ0) is 12.3. The minimum Gasteiger partial charge on any atom is -0.436 e. The molecule has 17 heavy (non-hydrogen) atoms. The summed E-state index contributed by atoms with van der Waals surface area (Å²) in [7, 11) is 0. The Labute approximate surface area is 102 Å². The zero-order valence-corrected chi connectivity index (χ0v) is 10.0. The highest BCUT2D eigenvalue weighted by Crippen LogP contribution is 1.94. The van der Waals surface area contributed by atoms with Crippen LogP contribution in [-0.4, -0.2) is 19.2 Å². The van der Waals surface area contributed by atoms with E-state index < -0.39 is 6.09 Å². The summed E-state index contributed by atoms with van der Waals surface area (Å²) in [5.74, 6) is 5.70. The molecule has 0 aliphatic rings. The van der Waals surface area contributed by atoms with Gasteiger partial charge in [0.05, 0.1) is 0 Å². The van der Waals surface area contributed by atoms with E-state index in [1.807, 2.05) is 30.3 Å². The lowest BCUT2D eigenvalue weighted by Gasteiger charge is -2.02. The summed E-state index contributed by atoms with van der Waals surface area (Å²) in [6.07, 6.45) is 1.61. The van der Waals surface area contributed by atoms with Crippen molar-refractivity contribution in [1.82, 2.24) is 5.32 Å². The van der Waals surface area contributed by atoms with Crippen molar-refractivity contribution in [2.75, 3.05) is 13.2 Å². The third-order valence-electron chi connectivity index (χ3n) is 2.08. The van der Waals surface area contributed by atoms with Gasteiger partial charge in [0, 0.05) is 12.1 Å². The molecule has 0 spiro atoms. The van der Waals surface area contributed by atoms with Crippen LogP contribution in [0.3, 0.4) is 0 Å². The van der Waals surface area contributed by atoms with Crippen LogP contribution in [-0.2, 0) is 4.74 Å². The van der Waals surface area contributed by atoms with Gasteiger partial charge in [-0.2, -0.15) is 0 Å². The summed E-state index contributed by atoms with van der Waals surface area (Å²) in [6.45, 7) is 2.84. The summed E-state index contributed by atoms with van der Waals surface area (Å²) < 4.78 is 4.89. The Morgan fingerprint density at radius 1 is 1.35 bits per heavy atom. The second kappa shape index (κ2) is 8.23. The van der Waals surface area contributed by atoms with E-state index in [9.17, 15) is 4.79 Å². The van der Waals surface area contributed by atoms with Gasteiger partial charge >= 0.3 is 6.09 Å². The van der Waals surface area contributed by atoms with Crippen LogP contribution in [0.1, 0.15) is 25.3 Å². The van der Waals surface area contributed by atoms with E-state index in [-0.39, 0.29) is 6.61 Å². The van der Waals surface area contributed by atoms with Crippen LogP contribution in [0, 0.1) is 11.8 Å². The number of nitrogens with one attached hydrogen (secondary N) is 1. The fourth-order valence-electron chi connectivity index (χ4n) is 1.18. The van der Waals surface area contributed by atoms with E-state index in [1.165, 1.54) is 0 Å². The molecule has 1 aromatic rings. The number of rotatable bonds is 4. The van der Waals surface area contributed by atoms with Gasteiger partial charge in [-0.25, -0.2) is 4.79 Å². The second-order valence-electron chi connectivity index (χ2n) is 3.52. The summed E-state index contributed by atoms with van der Waals surface area (Å²) in [5.41, 5.74) is 0.919. The number of unbranched alkanes of at least 4 members (excludes halogenated alkanes) is 1. The fourth-order valence-corrected chi connectivity index (χ4v) is 1.18. The average Bonchev–Trinajstić information content (AvgIpc) is 2.36. The first-order valence-corrected chi connectivity index (χ1v) is 5.77. The van der Waals surface area contributed by atoms with Crippen molar-refractivity contribution in [2.24, 2.45) is 0 Å².